The Bertz CT molecular complexity index is 2140. The molecule has 1 aromatic carbocycles. The van der Waals surface area contributed by atoms with Crippen LogP contribution < -0.4 is 5.32 Å². The lowest BCUT2D eigenvalue weighted by Gasteiger charge is -2.66. The molecule has 0 radical (unpaired) electrons. The van der Waals surface area contributed by atoms with Crippen LogP contribution in [0.1, 0.15) is 157 Å². The van der Waals surface area contributed by atoms with E-state index in [9.17, 15) is 44.7 Å². The SMILES string of the molecule is CCCC/C=C\C/C=C\CCCCCCCCC1OCC(COC(=O)O[C@@H](C(=O)O[C@H]2CC3(O)[C@@H](O)[C@@H]4[C@]5(O)CO[C@@H]5C[C@H](O)[C@@]4(C)C(=O)[C@H](O)C(=C2C)C3(C)C)[C@@H](NC(=O)OC(C)(C)C)c2ccccc2)O1. The van der Waals surface area contributed by atoms with E-state index in [-0.39, 0.29) is 37.4 Å². The lowest BCUT2D eigenvalue weighted by Crippen LogP contribution is -2.80. The van der Waals surface area contributed by atoms with Gasteiger partial charge in [0, 0.05) is 24.2 Å². The molecule has 3 aliphatic carbocycles. The maximum atomic E-state index is 14.8. The van der Waals surface area contributed by atoms with Crippen LogP contribution in [0.3, 0.4) is 0 Å². The van der Waals surface area contributed by atoms with Gasteiger partial charge in [0.05, 0.1) is 36.9 Å². The van der Waals surface area contributed by atoms with Gasteiger partial charge >= 0.3 is 18.2 Å². The molecule has 2 saturated heterocycles. The Balaban J connectivity index is 1.13. The zero-order valence-electron chi connectivity index (χ0n) is 44.2. The lowest BCUT2D eigenvalue weighted by molar-refractivity contribution is -0.344. The molecular weight excluding hydrogens is 943 g/mol. The molecule has 6 N–H and O–H groups in total. The molecule has 5 aliphatic rings. The van der Waals surface area contributed by atoms with Crippen LogP contribution in [-0.2, 0) is 42.7 Å². The second kappa shape index (κ2) is 24.6. The Hall–Kier alpha value is -4.20. The number of carbonyl (C=O) groups excluding carboxylic acids is 4. The number of aliphatic hydroxyl groups is 5. The predicted octanol–water partition coefficient (Wildman–Crippen LogP) is 7.54. The number of esters is 1. The van der Waals surface area contributed by atoms with Gasteiger partial charge in [-0.25, -0.2) is 14.4 Å². The van der Waals surface area contributed by atoms with E-state index >= 15 is 0 Å². The zero-order valence-corrected chi connectivity index (χ0v) is 44.2. The molecule has 3 unspecified atom stereocenters. The molecule has 0 aromatic heterocycles. The number of benzene rings is 1. The Labute approximate surface area is 431 Å². The van der Waals surface area contributed by atoms with Gasteiger partial charge in [-0.1, -0.05) is 114 Å². The summed E-state index contributed by atoms with van der Waals surface area (Å²) in [6.45, 7) is 12.6. The number of unbranched alkanes of at least 4 members (excludes halogenated alkanes) is 8. The smallest absolute Gasteiger partial charge is 0.455 e. The number of allylic oxidation sites excluding steroid dienone is 4. The van der Waals surface area contributed by atoms with Crippen LogP contribution in [0.25, 0.3) is 0 Å². The third-order valence-electron chi connectivity index (χ3n) is 15.8. The highest BCUT2D eigenvalue weighted by Gasteiger charge is 2.75. The second-order valence-corrected chi connectivity index (χ2v) is 22.5. The molecule has 1 aromatic rings. The van der Waals surface area contributed by atoms with Crippen molar-refractivity contribution in [3.63, 3.8) is 0 Å². The summed E-state index contributed by atoms with van der Waals surface area (Å²) in [5.41, 5.74) is -8.33. The standard InChI is InChI=1S/C56H83NO16/c1-9-10-11-12-13-14-15-16-17-18-19-20-21-22-26-29-41-67-32-37(70-41)33-68-51(64)72-45(43(36-27-24-23-25-28-36)57-50(63)73-52(3,4)5)49(62)71-38-31-56(66)48(61)46-54(8,39(58)30-40-55(46,65)34-69-40)47(60)44(59)42(35(38)2)53(56,6)7/h12-13,15-16,23-25,27-28,37-41,43-46,48,58-59,61,65-66H,9-11,14,17-22,26,29-34H2,1-8H3,(H,57,63)/b13-12-,16-15-/t37?,38-,39-,40+,41?,43-,44+,45+,46-,48-,54+,55-,56?/m0/s1. The first-order valence-corrected chi connectivity index (χ1v) is 26.5. The molecule has 73 heavy (non-hydrogen) atoms. The van der Waals surface area contributed by atoms with Crippen molar-refractivity contribution in [2.75, 3.05) is 19.8 Å². The lowest BCUT2D eigenvalue weighted by atomic mass is 9.45. The molecule has 2 bridgehead atoms. The van der Waals surface area contributed by atoms with Crippen molar-refractivity contribution in [1.29, 1.82) is 0 Å². The monoisotopic (exact) mass is 1030 g/mol. The van der Waals surface area contributed by atoms with Gasteiger partial charge in [0.1, 0.15) is 47.8 Å². The summed E-state index contributed by atoms with van der Waals surface area (Å²) < 4.78 is 40.4. The average Bonchev–Trinajstić information content (AvgIpc) is 3.79. The first-order valence-electron chi connectivity index (χ1n) is 26.5. The normalized spacial score (nSPS) is 32.7. The van der Waals surface area contributed by atoms with Crippen molar-refractivity contribution >= 4 is 24.0 Å². The number of Topliss-reactive ketones (excluding diaryl/α,β-unsaturated/α-hetero) is 1. The van der Waals surface area contributed by atoms with Gasteiger partial charge in [-0.05, 0) is 89.9 Å². The van der Waals surface area contributed by atoms with E-state index < -0.39 is 119 Å². The van der Waals surface area contributed by atoms with Crippen molar-refractivity contribution in [3.8, 4) is 0 Å². The Kier molecular flexibility index (Phi) is 19.6. The third-order valence-corrected chi connectivity index (χ3v) is 15.8. The highest BCUT2D eigenvalue weighted by Crippen LogP contribution is 2.62. The van der Waals surface area contributed by atoms with E-state index in [0.29, 0.717) is 12.0 Å². The van der Waals surface area contributed by atoms with E-state index in [1.165, 1.54) is 53.4 Å². The van der Waals surface area contributed by atoms with Crippen LogP contribution in [0.5, 0.6) is 0 Å². The second-order valence-electron chi connectivity index (χ2n) is 22.5. The Morgan fingerprint density at radius 3 is 2.21 bits per heavy atom. The Morgan fingerprint density at radius 2 is 1.56 bits per heavy atom. The van der Waals surface area contributed by atoms with Crippen molar-refractivity contribution in [3.05, 3.63) is 71.3 Å². The molecule has 2 saturated carbocycles. The fourth-order valence-corrected chi connectivity index (χ4v) is 11.5. The minimum atomic E-state index is -2.33. The fraction of sp³-hybridized carbons (Fsp3) is 0.714. The predicted molar refractivity (Wildman–Crippen MR) is 269 cm³/mol. The quantitative estimate of drug-likeness (QED) is 0.0284. The van der Waals surface area contributed by atoms with E-state index in [4.69, 9.17) is 33.2 Å². The number of hydrogen-bond acceptors (Lipinski definition) is 16. The molecular formula is C56H83NO16. The van der Waals surface area contributed by atoms with Crippen LogP contribution in [-0.4, -0.2) is 135 Å². The van der Waals surface area contributed by atoms with Crippen molar-refractivity contribution in [2.45, 2.75) is 217 Å². The number of carbonyl (C=O) groups is 4. The summed E-state index contributed by atoms with van der Waals surface area (Å²) in [5.74, 6) is -3.67. The van der Waals surface area contributed by atoms with Gasteiger partial charge in [-0.2, -0.15) is 0 Å². The summed E-state index contributed by atoms with van der Waals surface area (Å²) in [7, 11) is 0. The molecule has 17 heteroatoms. The fourth-order valence-electron chi connectivity index (χ4n) is 11.5. The summed E-state index contributed by atoms with van der Waals surface area (Å²) >= 11 is 0. The average molecular weight is 1030 g/mol. The van der Waals surface area contributed by atoms with Gasteiger partial charge in [0.2, 0.25) is 6.10 Å². The number of hydrogen-bond donors (Lipinski definition) is 6. The summed E-state index contributed by atoms with van der Waals surface area (Å²) in [6, 6.07) is 6.71. The van der Waals surface area contributed by atoms with E-state index in [0.717, 1.165) is 44.9 Å². The molecule has 408 valence electrons. The number of ketones is 1. The molecule has 0 spiro atoms. The van der Waals surface area contributed by atoms with Gasteiger partial charge in [-0.15, -0.1) is 0 Å². The molecule has 1 amide bonds. The topological polar surface area (TPSA) is 246 Å². The largest absolute Gasteiger partial charge is 0.509 e. The zero-order chi connectivity index (χ0) is 53.4. The van der Waals surface area contributed by atoms with Crippen molar-refractivity contribution < 1.29 is 77.9 Å². The van der Waals surface area contributed by atoms with Gasteiger partial charge in [-0.3, -0.25) is 4.79 Å². The number of alkyl carbamates (subject to hydrolysis) is 1. The first kappa shape index (κ1) is 58.1. The summed E-state index contributed by atoms with van der Waals surface area (Å²) in [4.78, 5) is 56.5. The third kappa shape index (κ3) is 13.1. The highest BCUT2D eigenvalue weighted by molar-refractivity contribution is 5.93. The highest BCUT2D eigenvalue weighted by atomic mass is 16.8. The van der Waals surface area contributed by atoms with E-state index in [2.05, 4.69) is 36.5 Å². The number of rotatable bonds is 22. The summed E-state index contributed by atoms with van der Waals surface area (Å²) in [6.07, 6.45) is 7.98. The minimum absolute atomic E-state index is 0.0646. The van der Waals surface area contributed by atoms with E-state index in [1.54, 1.807) is 51.1 Å². The molecule has 4 fully saturated rings. The molecule has 2 heterocycles. The van der Waals surface area contributed by atoms with Crippen LogP contribution in [0, 0.1) is 16.7 Å². The van der Waals surface area contributed by atoms with Gasteiger partial charge in [0.15, 0.2) is 12.1 Å². The van der Waals surface area contributed by atoms with Crippen molar-refractivity contribution in [1.82, 2.24) is 5.32 Å². The number of amides is 1. The van der Waals surface area contributed by atoms with Gasteiger partial charge < -0.3 is 64.0 Å². The number of aliphatic hydroxyl groups excluding tert-OH is 3. The van der Waals surface area contributed by atoms with Crippen LogP contribution in [0.15, 0.2) is 65.8 Å². The van der Waals surface area contributed by atoms with Crippen LogP contribution >= 0.6 is 0 Å². The Morgan fingerprint density at radius 1 is 0.904 bits per heavy atom. The maximum absolute atomic E-state index is 14.8. The van der Waals surface area contributed by atoms with Crippen molar-refractivity contribution in [2.24, 2.45) is 16.7 Å². The van der Waals surface area contributed by atoms with Gasteiger partial charge in [0.25, 0.3) is 0 Å². The van der Waals surface area contributed by atoms with Crippen LogP contribution in [0.4, 0.5) is 9.59 Å². The minimum Gasteiger partial charge on any atom is -0.455 e. The molecule has 6 rings (SSSR count). The number of nitrogens with one attached hydrogen (secondary N) is 1. The first-order chi connectivity index (χ1) is 34.5. The van der Waals surface area contributed by atoms with E-state index in [1.807, 2.05) is 0 Å². The number of fused-ring (bicyclic) bond motifs is 5. The maximum Gasteiger partial charge on any atom is 0.509 e. The molecule has 13 atom stereocenters. The molecule has 2 aliphatic heterocycles. The molecule has 17 nitrogen and oxygen atoms in total. The van der Waals surface area contributed by atoms with Crippen LogP contribution in [0.2, 0.25) is 0 Å². The number of ether oxygens (including phenoxy) is 7. The summed E-state index contributed by atoms with van der Waals surface area (Å²) in [5, 5.41) is 63.5.